The molecule has 4 nitrogen and oxygen atoms in total. The van der Waals surface area contributed by atoms with Gasteiger partial charge in [-0.3, -0.25) is 0 Å². The summed E-state index contributed by atoms with van der Waals surface area (Å²) in [7, 11) is 0. The van der Waals surface area contributed by atoms with Crippen LogP contribution in [0.25, 0.3) is 0 Å². The molecule has 0 radical (unpaired) electrons. The van der Waals surface area contributed by atoms with Gasteiger partial charge in [-0.15, -0.1) is 0 Å². The first-order valence-electron chi connectivity index (χ1n) is 2.73. The number of nitrogen functional groups attached to an aromatic ring is 1. The molecule has 0 saturated carbocycles. The molecular formula is C5H5Cl2N3O. The van der Waals surface area contributed by atoms with Gasteiger partial charge >= 0.3 is 0 Å². The summed E-state index contributed by atoms with van der Waals surface area (Å²) in [4.78, 5) is 7.32. The molecule has 0 saturated heterocycles. The molecule has 0 spiro atoms. The van der Waals surface area contributed by atoms with Gasteiger partial charge in [0.15, 0.2) is 10.3 Å². The van der Waals surface area contributed by atoms with Gasteiger partial charge in [0.2, 0.25) is 0 Å². The van der Waals surface area contributed by atoms with Crippen molar-refractivity contribution in [3.05, 3.63) is 16.0 Å². The summed E-state index contributed by atoms with van der Waals surface area (Å²) in [6.07, 6.45) is 0. The van der Waals surface area contributed by atoms with E-state index in [1.807, 2.05) is 0 Å². The Hall–Kier alpha value is -0.580. The van der Waals surface area contributed by atoms with Gasteiger partial charge in [-0.2, -0.15) is 0 Å². The quantitative estimate of drug-likeness (QED) is 0.695. The molecule has 0 bridgehead atoms. The molecule has 0 atom stereocenters. The molecule has 1 rings (SSSR count). The molecular weight excluding hydrogens is 189 g/mol. The third-order valence-corrected chi connectivity index (χ3v) is 1.69. The van der Waals surface area contributed by atoms with Crippen molar-refractivity contribution in [2.75, 3.05) is 5.73 Å². The average molecular weight is 194 g/mol. The van der Waals surface area contributed by atoms with Crippen molar-refractivity contribution in [1.29, 1.82) is 0 Å². The summed E-state index contributed by atoms with van der Waals surface area (Å²) < 4.78 is 0. The normalized spacial score (nSPS) is 10.1. The van der Waals surface area contributed by atoms with Gasteiger partial charge in [0.25, 0.3) is 0 Å². The second kappa shape index (κ2) is 3.21. The molecule has 60 valence electrons. The minimum Gasteiger partial charge on any atom is -0.390 e. The number of hydrogen-bond donors (Lipinski definition) is 2. The molecule has 0 aliphatic heterocycles. The zero-order valence-electron chi connectivity index (χ0n) is 5.38. The van der Waals surface area contributed by atoms with Crippen molar-refractivity contribution in [3.8, 4) is 0 Å². The van der Waals surface area contributed by atoms with Crippen molar-refractivity contribution in [2.24, 2.45) is 0 Å². The van der Waals surface area contributed by atoms with Crippen LogP contribution in [0.15, 0.2) is 0 Å². The number of anilines is 1. The molecule has 1 aromatic heterocycles. The molecule has 3 N–H and O–H groups in total. The second-order valence-electron chi connectivity index (χ2n) is 1.80. The smallest absolute Gasteiger partial charge is 0.168 e. The van der Waals surface area contributed by atoms with E-state index in [0.717, 1.165) is 0 Å². The molecule has 0 aliphatic carbocycles. The first-order chi connectivity index (χ1) is 5.15. The molecule has 1 aromatic rings. The van der Waals surface area contributed by atoms with Gasteiger partial charge in [-0.05, 0) is 0 Å². The predicted molar refractivity (Wildman–Crippen MR) is 42.4 cm³/mol. The standard InChI is InChI=1S/C5H5Cl2N3O/c6-3-4(7)10-5(8)2(1-11)9-3/h11H,1H2,(H2,8,10). The number of nitrogens with zero attached hydrogens (tertiary/aromatic N) is 2. The summed E-state index contributed by atoms with van der Waals surface area (Å²) in [5.41, 5.74) is 5.56. The maximum absolute atomic E-state index is 8.65. The van der Waals surface area contributed by atoms with Crippen molar-refractivity contribution in [1.82, 2.24) is 9.97 Å². The zero-order valence-corrected chi connectivity index (χ0v) is 6.89. The van der Waals surface area contributed by atoms with E-state index in [4.69, 9.17) is 34.0 Å². The van der Waals surface area contributed by atoms with Crippen LogP contribution in [-0.4, -0.2) is 15.1 Å². The molecule has 1 heterocycles. The molecule has 0 amide bonds. The van der Waals surface area contributed by atoms with Crippen LogP contribution in [0.2, 0.25) is 10.3 Å². The van der Waals surface area contributed by atoms with Crippen molar-refractivity contribution < 1.29 is 5.11 Å². The van der Waals surface area contributed by atoms with E-state index < -0.39 is 0 Å². The molecule has 0 aliphatic rings. The largest absolute Gasteiger partial charge is 0.390 e. The molecule has 11 heavy (non-hydrogen) atoms. The third kappa shape index (κ3) is 1.71. The minimum absolute atomic E-state index is 0.0429. The fourth-order valence-electron chi connectivity index (χ4n) is 0.555. The van der Waals surface area contributed by atoms with Gasteiger partial charge < -0.3 is 10.8 Å². The maximum atomic E-state index is 8.65. The van der Waals surface area contributed by atoms with Crippen LogP contribution in [0.5, 0.6) is 0 Å². The van der Waals surface area contributed by atoms with E-state index in [1.54, 1.807) is 0 Å². The van der Waals surface area contributed by atoms with E-state index in [1.165, 1.54) is 0 Å². The van der Waals surface area contributed by atoms with E-state index in [2.05, 4.69) is 9.97 Å². The highest BCUT2D eigenvalue weighted by molar-refractivity contribution is 6.40. The summed E-state index contributed by atoms with van der Waals surface area (Å²) in [6.45, 7) is -0.296. The third-order valence-electron chi connectivity index (χ3n) is 1.07. The van der Waals surface area contributed by atoms with Gasteiger partial charge in [-0.25, -0.2) is 9.97 Å². The Morgan fingerprint density at radius 1 is 1.27 bits per heavy atom. The Kier molecular flexibility index (Phi) is 2.49. The van der Waals surface area contributed by atoms with Crippen molar-refractivity contribution in [3.63, 3.8) is 0 Å². The molecule has 0 unspecified atom stereocenters. The topological polar surface area (TPSA) is 72.0 Å². The average Bonchev–Trinajstić information content (AvgIpc) is 1.97. The SMILES string of the molecule is Nc1nc(Cl)c(Cl)nc1CO. The lowest BCUT2D eigenvalue weighted by Gasteiger charge is -2.01. The molecule has 0 fully saturated rings. The number of hydrogen-bond acceptors (Lipinski definition) is 4. The van der Waals surface area contributed by atoms with E-state index in [0.29, 0.717) is 0 Å². The van der Waals surface area contributed by atoms with Crippen LogP contribution >= 0.6 is 23.2 Å². The van der Waals surface area contributed by atoms with Crippen LogP contribution < -0.4 is 5.73 Å². The van der Waals surface area contributed by atoms with Gasteiger partial charge in [0.05, 0.1) is 6.61 Å². The number of aliphatic hydroxyl groups is 1. The molecule has 0 aromatic carbocycles. The fraction of sp³-hybridized carbons (Fsp3) is 0.200. The fourth-order valence-corrected chi connectivity index (χ4v) is 0.832. The Morgan fingerprint density at radius 3 is 2.36 bits per heavy atom. The highest BCUT2D eigenvalue weighted by atomic mass is 35.5. The lowest BCUT2D eigenvalue weighted by molar-refractivity contribution is 0.277. The van der Waals surface area contributed by atoms with Crippen LogP contribution in [0.1, 0.15) is 5.69 Å². The van der Waals surface area contributed by atoms with Gasteiger partial charge in [-0.1, -0.05) is 23.2 Å². The van der Waals surface area contributed by atoms with Crippen LogP contribution in [0.3, 0.4) is 0 Å². The number of halogens is 2. The Labute approximate surface area is 73.0 Å². The predicted octanol–water partition coefficient (Wildman–Crippen LogP) is 0.858. The minimum atomic E-state index is -0.296. The summed E-state index contributed by atoms with van der Waals surface area (Å²) in [5, 5.41) is 8.74. The molecule has 6 heteroatoms. The maximum Gasteiger partial charge on any atom is 0.168 e. The first kappa shape index (κ1) is 8.52. The number of nitrogens with two attached hydrogens (primary N) is 1. The number of aliphatic hydroxyl groups excluding tert-OH is 1. The Bertz CT molecular complexity index is 279. The zero-order chi connectivity index (χ0) is 8.43. The number of aromatic nitrogens is 2. The van der Waals surface area contributed by atoms with Crippen LogP contribution in [-0.2, 0) is 6.61 Å². The van der Waals surface area contributed by atoms with Gasteiger partial charge in [0.1, 0.15) is 11.5 Å². The number of rotatable bonds is 1. The van der Waals surface area contributed by atoms with E-state index in [-0.39, 0.29) is 28.4 Å². The Morgan fingerprint density at radius 2 is 1.82 bits per heavy atom. The summed E-state index contributed by atoms with van der Waals surface area (Å²) in [6, 6.07) is 0. The van der Waals surface area contributed by atoms with E-state index in [9.17, 15) is 0 Å². The van der Waals surface area contributed by atoms with E-state index >= 15 is 0 Å². The van der Waals surface area contributed by atoms with Crippen molar-refractivity contribution in [2.45, 2.75) is 6.61 Å². The Balaban J connectivity index is 3.21. The van der Waals surface area contributed by atoms with Crippen LogP contribution in [0, 0.1) is 0 Å². The van der Waals surface area contributed by atoms with Gasteiger partial charge in [0, 0.05) is 0 Å². The first-order valence-corrected chi connectivity index (χ1v) is 3.49. The lowest BCUT2D eigenvalue weighted by atomic mass is 10.4. The van der Waals surface area contributed by atoms with Crippen LogP contribution in [0.4, 0.5) is 5.82 Å². The highest BCUT2D eigenvalue weighted by Gasteiger charge is 2.06. The second-order valence-corrected chi connectivity index (χ2v) is 2.51. The highest BCUT2D eigenvalue weighted by Crippen LogP contribution is 2.19. The van der Waals surface area contributed by atoms with Crippen molar-refractivity contribution >= 4 is 29.0 Å². The monoisotopic (exact) mass is 193 g/mol. The lowest BCUT2D eigenvalue weighted by Crippen LogP contribution is -2.01. The summed E-state index contributed by atoms with van der Waals surface area (Å²) >= 11 is 11.0. The summed E-state index contributed by atoms with van der Waals surface area (Å²) in [5.74, 6) is 0.0990.